The number of likely N-dealkylation sites (tertiary alicyclic amines) is 1. The van der Waals surface area contributed by atoms with E-state index in [-0.39, 0.29) is 17.9 Å². The van der Waals surface area contributed by atoms with Gasteiger partial charge >= 0.3 is 0 Å². The number of carbonyl (C=O) groups excluding carboxylic acids is 1. The molecule has 26 heavy (non-hydrogen) atoms. The van der Waals surface area contributed by atoms with E-state index in [1.54, 1.807) is 6.26 Å². The van der Waals surface area contributed by atoms with Gasteiger partial charge < -0.3 is 14.6 Å². The molecule has 4 heteroatoms. The van der Waals surface area contributed by atoms with Gasteiger partial charge in [-0.1, -0.05) is 36.8 Å². The number of benzene rings is 1. The first-order valence-electron chi connectivity index (χ1n) is 9.53. The van der Waals surface area contributed by atoms with Crippen molar-refractivity contribution < 1.29 is 9.21 Å². The van der Waals surface area contributed by atoms with Crippen LogP contribution in [0.4, 0.5) is 0 Å². The van der Waals surface area contributed by atoms with Crippen LogP contribution in [0.1, 0.15) is 49.5 Å². The van der Waals surface area contributed by atoms with Crippen LogP contribution in [0.5, 0.6) is 0 Å². The minimum atomic E-state index is -0.0513. The third-order valence-electron chi connectivity index (χ3n) is 5.71. The summed E-state index contributed by atoms with van der Waals surface area (Å²) in [7, 11) is 2.16. The molecule has 1 aromatic carbocycles. The number of nitrogens with one attached hydrogen (secondary N) is 1. The Morgan fingerprint density at radius 3 is 2.65 bits per heavy atom. The maximum Gasteiger partial charge on any atom is 0.221 e. The quantitative estimate of drug-likeness (QED) is 0.884. The first kappa shape index (κ1) is 18.7. The fraction of sp³-hybridized carbons (Fsp3) is 0.500. The van der Waals surface area contributed by atoms with E-state index in [4.69, 9.17) is 4.42 Å². The van der Waals surface area contributed by atoms with Gasteiger partial charge in [0.25, 0.3) is 0 Å². The average Bonchev–Trinajstić information content (AvgIpc) is 3.13. The maximum atomic E-state index is 12.8. The van der Waals surface area contributed by atoms with Crippen molar-refractivity contribution in [2.45, 2.75) is 51.6 Å². The van der Waals surface area contributed by atoms with Crippen molar-refractivity contribution in [1.82, 2.24) is 10.2 Å². The number of hydrogen-bond acceptors (Lipinski definition) is 3. The number of amides is 1. The van der Waals surface area contributed by atoms with Crippen LogP contribution in [-0.2, 0) is 4.79 Å². The molecule has 0 spiro atoms. The van der Waals surface area contributed by atoms with Crippen molar-refractivity contribution >= 4 is 5.91 Å². The van der Waals surface area contributed by atoms with Gasteiger partial charge in [0.05, 0.1) is 12.2 Å². The van der Waals surface area contributed by atoms with E-state index >= 15 is 0 Å². The van der Waals surface area contributed by atoms with Crippen LogP contribution < -0.4 is 5.32 Å². The zero-order valence-corrected chi connectivity index (χ0v) is 16.2. The molecule has 3 rings (SSSR count). The van der Waals surface area contributed by atoms with Crippen LogP contribution in [0, 0.1) is 12.8 Å². The lowest BCUT2D eigenvalue weighted by molar-refractivity contribution is -0.123. The summed E-state index contributed by atoms with van der Waals surface area (Å²) in [5, 5.41) is 3.29. The second-order valence-corrected chi connectivity index (χ2v) is 7.86. The molecule has 1 aliphatic rings. The summed E-state index contributed by atoms with van der Waals surface area (Å²) in [6.07, 6.45) is 3.08. The largest absolute Gasteiger partial charge is 0.469 e. The molecule has 1 amide bonds. The van der Waals surface area contributed by atoms with E-state index in [1.807, 2.05) is 12.1 Å². The molecule has 1 saturated heterocycles. The fourth-order valence-electron chi connectivity index (χ4n) is 3.86. The molecule has 0 radical (unpaired) electrons. The fourth-order valence-corrected chi connectivity index (χ4v) is 3.86. The van der Waals surface area contributed by atoms with Crippen LogP contribution in [-0.4, -0.2) is 36.5 Å². The van der Waals surface area contributed by atoms with Gasteiger partial charge in [0.15, 0.2) is 0 Å². The highest BCUT2D eigenvalue weighted by Crippen LogP contribution is 2.29. The molecule has 140 valence electrons. The number of hydrogen-bond donors (Lipinski definition) is 1. The zero-order chi connectivity index (χ0) is 18.7. The molecule has 1 N–H and O–H groups in total. The van der Waals surface area contributed by atoms with Gasteiger partial charge in [-0.25, -0.2) is 0 Å². The average molecular weight is 354 g/mol. The number of carbonyl (C=O) groups is 1. The summed E-state index contributed by atoms with van der Waals surface area (Å²) in [5.41, 5.74) is 2.33. The third kappa shape index (κ3) is 4.36. The Hall–Kier alpha value is -2.07. The molecule has 0 aliphatic carbocycles. The Labute approximate surface area is 156 Å². The predicted octanol–water partition coefficient (Wildman–Crippen LogP) is 3.95. The van der Waals surface area contributed by atoms with Crippen LogP contribution in [0.2, 0.25) is 0 Å². The monoisotopic (exact) mass is 354 g/mol. The summed E-state index contributed by atoms with van der Waals surface area (Å²) in [5.74, 6) is 1.35. The molecule has 1 fully saturated rings. The van der Waals surface area contributed by atoms with Crippen LogP contribution >= 0.6 is 0 Å². The van der Waals surface area contributed by atoms with Crippen molar-refractivity contribution in [1.29, 1.82) is 0 Å². The minimum absolute atomic E-state index is 0.0513. The molecule has 0 saturated carbocycles. The molecule has 2 heterocycles. The topological polar surface area (TPSA) is 45.5 Å². The number of rotatable bonds is 5. The molecule has 1 aromatic heterocycles. The highest BCUT2D eigenvalue weighted by Gasteiger charge is 2.31. The van der Waals surface area contributed by atoms with Gasteiger partial charge in [0.2, 0.25) is 5.91 Å². The summed E-state index contributed by atoms with van der Waals surface area (Å²) in [6, 6.07) is 12.9. The first-order valence-corrected chi connectivity index (χ1v) is 9.53. The smallest absolute Gasteiger partial charge is 0.221 e. The Kier molecular flexibility index (Phi) is 5.82. The molecule has 1 aliphatic heterocycles. The molecular formula is C22H30N2O2. The van der Waals surface area contributed by atoms with E-state index in [2.05, 4.69) is 62.3 Å². The van der Waals surface area contributed by atoms with Gasteiger partial charge in [-0.3, -0.25) is 4.79 Å². The number of nitrogens with zero attached hydrogens (tertiary/aromatic N) is 1. The first-order chi connectivity index (χ1) is 12.4. The van der Waals surface area contributed by atoms with Crippen molar-refractivity contribution in [3.63, 3.8) is 0 Å². The Morgan fingerprint density at radius 2 is 2.00 bits per heavy atom. The normalized spacial score (nSPS) is 25.0. The molecule has 2 aromatic rings. The number of aryl methyl sites for hydroxylation is 1. The van der Waals surface area contributed by atoms with E-state index < -0.39 is 0 Å². The standard InChI is InChI=1S/C22H30N2O2/c1-15-7-9-18(10-8-15)19(21-6-5-11-26-21)13-22(25)23-20-12-17(3)24(4)14-16(20)2/h5-11,16-17,19-20H,12-14H2,1-4H3,(H,23,25)/t16-,17+,19-,20+/m0/s1. The third-order valence-corrected chi connectivity index (χ3v) is 5.71. The summed E-state index contributed by atoms with van der Waals surface area (Å²) in [4.78, 5) is 15.2. The van der Waals surface area contributed by atoms with Crippen molar-refractivity contribution in [3.05, 3.63) is 59.5 Å². The predicted molar refractivity (Wildman–Crippen MR) is 104 cm³/mol. The SMILES string of the molecule is Cc1ccc([C@H](CC(=O)N[C@@H]2C[C@@H](C)N(C)C[C@@H]2C)c2ccco2)cc1. The summed E-state index contributed by atoms with van der Waals surface area (Å²) in [6.45, 7) is 7.53. The highest BCUT2D eigenvalue weighted by molar-refractivity contribution is 5.77. The van der Waals surface area contributed by atoms with E-state index in [9.17, 15) is 4.79 Å². The highest BCUT2D eigenvalue weighted by atomic mass is 16.3. The maximum absolute atomic E-state index is 12.8. The molecule has 0 unspecified atom stereocenters. The van der Waals surface area contributed by atoms with Crippen molar-refractivity contribution in [2.24, 2.45) is 5.92 Å². The zero-order valence-electron chi connectivity index (χ0n) is 16.2. The van der Waals surface area contributed by atoms with Crippen LogP contribution in [0.25, 0.3) is 0 Å². The van der Waals surface area contributed by atoms with Gasteiger partial charge in [0.1, 0.15) is 5.76 Å². The van der Waals surface area contributed by atoms with Gasteiger partial charge in [0, 0.05) is 25.0 Å². The Bertz CT molecular complexity index is 708. The van der Waals surface area contributed by atoms with E-state index in [0.717, 1.165) is 24.3 Å². The lowest BCUT2D eigenvalue weighted by Crippen LogP contribution is -2.52. The summed E-state index contributed by atoms with van der Waals surface area (Å²) < 4.78 is 5.64. The van der Waals surface area contributed by atoms with Crippen LogP contribution in [0.15, 0.2) is 47.1 Å². The van der Waals surface area contributed by atoms with Crippen molar-refractivity contribution in [2.75, 3.05) is 13.6 Å². The molecule has 4 nitrogen and oxygen atoms in total. The van der Waals surface area contributed by atoms with Gasteiger partial charge in [-0.15, -0.1) is 0 Å². The van der Waals surface area contributed by atoms with Gasteiger partial charge in [-0.05, 0) is 50.9 Å². The van der Waals surface area contributed by atoms with Gasteiger partial charge in [-0.2, -0.15) is 0 Å². The Balaban J connectivity index is 1.71. The second kappa shape index (κ2) is 8.09. The lowest BCUT2D eigenvalue weighted by atomic mass is 9.88. The number of piperidine rings is 1. The molecular weight excluding hydrogens is 324 g/mol. The lowest BCUT2D eigenvalue weighted by Gasteiger charge is -2.40. The Morgan fingerprint density at radius 1 is 1.27 bits per heavy atom. The minimum Gasteiger partial charge on any atom is -0.469 e. The van der Waals surface area contributed by atoms with E-state index in [0.29, 0.717) is 18.4 Å². The summed E-state index contributed by atoms with van der Waals surface area (Å²) >= 11 is 0. The molecule has 0 bridgehead atoms. The second-order valence-electron chi connectivity index (χ2n) is 7.86. The van der Waals surface area contributed by atoms with Crippen LogP contribution in [0.3, 0.4) is 0 Å². The van der Waals surface area contributed by atoms with E-state index in [1.165, 1.54) is 5.56 Å². The molecule has 4 atom stereocenters. The number of furan rings is 1. The van der Waals surface area contributed by atoms with Crippen molar-refractivity contribution in [3.8, 4) is 0 Å².